The van der Waals surface area contributed by atoms with Crippen molar-refractivity contribution in [3.63, 3.8) is 0 Å². The zero-order valence-electron chi connectivity index (χ0n) is 16.1. The molecule has 1 N–H and O–H groups in total. The van der Waals surface area contributed by atoms with Crippen LogP contribution in [0.4, 0.5) is 4.79 Å². The number of carbonyl (C=O) groups excluding carboxylic acids is 1. The fraction of sp³-hybridized carbons (Fsp3) is 0.261. The molecule has 27 heavy (non-hydrogen) atoms. The number of amides is 2. The molecule has 1 heterocycles. The van der Waals surface area contributed by atoms with Crippen LogP contribution in [0.2, 0.25) is 0 Å². The predicted molar refractivity (Wildman–Crippen MR) is 109 cm³/mol. The van der Waals surface area contributed by atoms with Crippen molar-refractivity contribution in [2.45, 2.75) is 33.5 Å². The fourth-order valence-corrected chi connectivity index (χ4v) is 3.18. The molecule has 4 nitrogen and oxygen atoms in total. The summed E-state index contributed by atoms with van der Waals surface area (Å²) < 4.78 is 2.22. The maximum absolute atomic E-state index is 12.6. The number of aromatic nitrogens is 1. The second-order valence-electron chi connectivity index (χ2n) is 6.73. The first-order valence-corrected chi connectivity index (χ1v) is 9.42. The molecule has 0 aliphatic rings. The van der Waals surface area contributed by atoms with Crippen LogP contribution in [0.5, 0.6) is 0 Å². The lowest BCUT2D eigenvalue weighted by Crippen LogP contribution is -2.39. The van der Waals surface area contributed by atoms with Crippen LogP contribution < -0.4 is 5.32 Å². The molecule has 0 aliphatic heterocycles. The highest BCUT2D eigenvalue weighted by atomic mass is 16.2. The summed E-state index contributed by atoms with van der Waals surface area (Å²) in [5.41, 5.74) is 4.82. The number of hydrogen-bond acceptors (Lipinski definition) is 1. The number of carbonyl (C=O) groups is 1. The maximum atomic E-state index is 12.6. The number of nitrogens with zero attached hydrogens (tertiary/aromatic N) is 2. The summed E-state index contributed by atoms with van der Waals surface area (Å²) in [5.74, 6) is 0. The standard InChI is InChI=1S/C23H27N3O/c1-3-24-23(27)26(16-20-11-5-4-6-12-20)18-22-14-9-15-25(22)17-21-13-8-7-10-19(21)2/h4-15H,3,16-18H2,1-2H3,(H,24,27). The van der Waals surface area contributed by atoms with Gasteiger partial charge in [0.2, 0.25) is 0 Å². The predicted octanol–water partition coefficient (Wildman–Crippen LogP) is 4.58. The molecule has 4 heteroatoms. The number of benzene rings is 2. The molecular weight excluding hydrogens is 334 g/mol. The fourth-order valence-electron chi connectivity index (χ4n) is 3.18. The van der Waals surface area contributed by atoms with E-state index in [-0.39, 0.29) is 6.03 Å². The molecule has 1 aromatic heterocycles. The highest BCUT2D eigenvalue weighted by Gasteiger charge is 2.16. The molecule has 0 fully saturated rings. The summed E-state index contributed by atoms with van der Waals surface area (Å²) in [6, 6.07) is 22.6. The van der Waals surface area contributed by atoms with Crippen molar-refractivity contribution in [1.29, 1.82) is 0 Å². The van der Waals surface area contributed by atoms with Crippen LogP contribution >= 0.6 is 0 Å². The van der Waals surface area contributed by atoms with Gasteiger partial charge in [0.15, 0.2) is 0 Å². The molecule has 3 rings (SSSR count). The van der Waals surface area contributed by atoms with Crippen molar-refractivity contribution >= 4 is 6.03 Å². The zero-order chi connectivity index (χ0) is 19.1. The number of hydrogen-bond donors (Lipinski definition) is 1. The summed E-state index contributed by atoms with van der Waals surface area (Å²) in [6.45, 7) is 6.66. The van der Waals surface area contributed by atoms with E-state index in [2.05, 4.69) is 65.5 Å². The lowest BCUT2D eigenvalue weighted by molar-refractivity contribution is 0.191. The van der Waals surface area contributed by atoms with Gasteiger partial charge in [-0.05, 0) is 42.7 Å². The van der Waals surface area contributed by atoms with E-state index < -0.39 is 0 Å². The van der Waals surface area contributed by atoms with E-state index in [0.717, 1.165) is 17.8 Å². The van der Waals surface area contributed by atoms with Crippen LogP contribution in [0.25, 0.3) is 0 Å². The number of nitrogens with one attached hydrogen (secondary N) is 1. The van der Waals surface area contributed by atoms with E-state index in [1.165, 1.54) is 11.1 Å². The summed E-state index contributed by atoms with van der Waals surface area (Å²) in [7, 11) is 0. The molecule has 2 amide bonds. The molecular formula is C23H27N3O. The molecule has 0 atom stereocenters. The molecule has 0 spiro atoms. The van der Waals surface area contributed by atoms with Gasteiger partial charge in [-0.25, -0.2) is 4.79 Å². The van der Waals surface area contributed by atoms with Gasteiger partial charge in [0, 0.05) is 31.5 Å². The van der Waals surface area contributed by atoms with Gasteiger partial charge in [0.1, 0.15) is 0 Å². The molecule has 2 aromatic carbocycles. The normalized spacial score (nSPS) is 10.6. The number of urea groups is 1. The SMILES string of the molecule is CCNC(=O)N(Cc1ccccc1)Cc1cccn1Cc1ccccc1C. The van der Waals surface area contributed by atoms with Crippen molar-refractivity contribution < 1.29 is 4.79 Å². The molecule has 0 bridgehead atoms. The highest BCUT2D eigenvalue weighted by Crippen LogP contribution is 2.15. The Morgan fingerprint density at radius 2 is 1.70 bits per heavy atom. The third-order valence-corrected chi connectivity index (χ3v) is 4.71. The average Bonchev–Trinajstić information content (AvgIpc) is 3.11. The third-order valence-electron chi connectivity index (χ3n) is 4.71. The first-order valence-electron chi connectivity index (χ1n) is 9.42. The molecule has 0 saturated heterocycles. The lowest BCUT2D eigenvalue weighted by Gasteiger charge is -2.24. The Kier molecular flexibility index (Phi) is 6.31. The van der Waals surface area contributed by atoms with Gasteiger partial charge in [-0.1, -0.05) is 54.6 Å². The summed E-state index contributed by atoms with van der Waals surface area (Å²) in [4.78, 5) is 14.5. The quantitative estimate of drug-likeness (QED) is 0.657. The van der Waals surface area contributed by atoms with Gasteiger partial charge in [0.05, 0.1) is 6.54 Å². The van der Waals surface area contributed by atoms with E-state index in [4.69, 9.17) is 0 Å². The number of rotatable bonds is 7. The van der Waals surface area contributed by atoms with E-state index in [1.54, 1.807) is 0 Å². The van der Waals surface area contributed by atoms with E-state index in [1.807, 2.05) is 36.1 Å². The molecule has 140 valence electrons. The first kappa shape index (κ1) is 18.8. The van der Waals surface area contributed by atoms with Gasteiger partial charge in [-0.3, -0.25) is 0 Å². The smallest absolute Gasteiger partial charge is 0.318 e. The van der Waals surface area contributed by atoms with Crippen LogP contribution in [0, 0.1) is 6.92 Å². The minimum atomic E-state index is -0.0370. The van der Waals surface area contributed by atoms with Crippen molar-refractivity contribution in [2.24, 2.45) is 0 Å². The topological polar surface area (TPSA) is 37.3 Å². The minimum Gasteiger partial charge on any atom is -0.345 e. The Morgan fingerprint density at radius 1 is 0.963 bits per heavy atom. The Bertz CT molecular complexity index is 870. The largest absolute Gasteiger partial charge is 0.345 e. The summed E-state index contributed by atoms with van der Waals surface area (Å²) in [6.07, 6.45) is 2.08. The number of aryl methyl sites for hydroxylation is 1. The Morgan fingerprint density at radius 3 is 2.44 bits per heavy atom. The van der Waals surface area contributed by atoms with Gasteiger partial charge in [-0.15, -0.1) is 0 Å². The van der Waals surface area contributed by atoms with Gasteiger partial charge in [0.25, 0.3) is 0 Å². The Hall–Kier alpha value is -3.01. The maximum Gasteiger partial charge on any atom is 0.318 e. The van der Waals surface area contributed by atoms with E-state index >= 15 is 0 Å². The van der Waals surface area contributed by atoms with Crippen molar-refractivity contribution in [3.8, 4) is 0 Å². The van der Waals surface area contributed by atoms with Gasteiger partial charge in [-0.2, -0.15) is 0 Å². The monoisotopic (exact) mass is 361 g/mol. The lowest BCUT2D eigenvalue weighted by atomic mass is 10.1. The first-order chi connectivity index (χ1) is 13.2. The minimum absolute atomic E-state index is 0.0370. The van der Waals surface area contributed by atoms with Gasteiger partial charge < -0.3 is 14.8 Å². The average molecular weight is 361 g/mol. The van der Waals surface area contributed by atoms with Crippen LogP contribution in [-0.4, -0.2) is 22.0 Å². The van der Waals surface area contributed by atoms with Crippen LogP contribution in [0.1, 0.15) is 29.3 Å². The molecule has 0 radical (unpaired) electrons. The summed E-state index contributed by atoms with van der Waals surface area (Å²) >= 11 is 0. The van der Waals surface area contributed by atoms with Crippen LogP contribution in [0.3, 0.4) is 0 Å². The summed E-state index contributed by atoms with van der Waals surface area (Å²) in [5, 5.41) is 2.93. The molecule has 0 saturated carbocycles. The van der Waals surface area contributed by atoms with Gasteiger partial charge >= 0.3 is 6.03 Å². The molecule has 0 unspecified atom stereocenters. The highest BCUT2D eigenvalue weighted by molar-refractivity contribution is 5.74. The second kappa shape index (κ2) is 9.08. The van der Waals surface area contributed by atoms with Crippen LogP contribution in [-0.2, 0) is 19.6 Å². The van der Waals surface area contributed by atoms with Crippen molar-refractivity contribution in [3.05, 3.63) is 95.3 Å². The molecule has 0 aliphatic carbocycles. The Labute approximate surface area is 161 Å². The van der Waals surface area contributed by atoms with E-state index in [9.17, 15) is 4.79 Å². The van der Waals surface area contributed by atoms with E-state index in [0.29, 0.717) is 19.6 Å². The second-order valence-corrected chi connectivity index (χ2v) is 6.73. The van der Waals surface area contributed by atoms with Crippen LogP contribution in [0.15, 0.2) is 72.9 Å². The third kappa shape index (κ3) is 5.00. The van der Waals surface area contributed by atoms with Crippen molar-refractivity contribution in [2.75, 3.05) is 6.54 Å². The molecule has 3 aromatic rings. The zero-order valence-corrected chi connectivity index (χ0v) is 16.1. The van der Waals surface area contributed by atoms with Crippen molar-refractivity contribution in [1.82, 2.24) is 14.8 Å². The Balaban J connectivity index is 1.79.